The van der Waals surface area contributed by atoms with Gasteiger partial charge in [0.2, 0.25) is 0 Å². The van der Waals surface area contributed by atoms with E-state index in [9.17, 15) is 0 Å². The molecular weight excluding hydrogens is 653 g/mol. The van der Waals surface area contributed by atoms with E-state index in [4.69, 9.17) is 9.97 Å². The smallest absolute Gasteiger partial charge is 0.0972 e. The Bertz CT molecular complexity index is 3210. The summed E-state index contributed by atoms with van der Waals surface area (Å²) in [5.74, 6) is 0. The van der Waals surface area contributed by atoms with Crippen molar-refractivity contribution in [2.75, 3.05) is 0 Å². The number of aromatic nitrogens is 2. The summed E-state index contributed by atoms with van der Waals surface area (Å²) in [6.07, 6.45) is 0. The Kier molecular flexibility index (Phi) is 6.90. The van der Waals surface area contributed by atoms with Crippen LogP contribution in [-0.4, -0.2) is 9.97 Å². The zero-order chi connectivity index (χ0) is 35.6. The number of nitrogens with zero attached hydrogens (tertiary/aromatic N) is 2. The first-order chi connectivity index (χ1) is 26.8. The molecule has 54 heavy (non-hydrogen) atoms. The van der Waals surface area contributed by atoms with Crippen molar-refractivity contribution in [3.05, 3.63) is 194 Å². The first-order valence-corrected chi connectivity index (χ1v) is 18.5. The number of fused-ring (bicyclic) bond motifs is 8. The Morgan fingerprint density at radius 2 is 0.741 bits per heavy atom. The molecule has 0 aliphatic rings. The minimum Gasteiger partial charge on any atom is -0.245 e. The number of rotatable bonds is 4. The summed E-state index contributed by atoms with van der Waals surface area (Å²) in [4.78, 5) is 10.6. The molecule has 2 heteroatoms. The van der Waals surface area contributed by atoms with Gasteiger partial charge in [-0.15, -0.1) is 0 Å². The van der Waals surface area contributed by atoms with Crippen LogP contribution in [0.25, 0.3) is 110 Å². The number of hydrogen-bond acceptors (Lipinski definition) is 2. The van der Waals surface area contributed by atoms with Crippen molar-refractivity contribution in [1.82, 2.24) is 9.97 Å². The van der Waals surface area contributed by atoms with Gasteiger partial charge < -0.3 is 0 Å². The molecule has 11 rings (SSSR count). The standard InChI is InChI=1S/C52H32N2/c1-2-13-33(14-3-1)47-29-27-34-25-26-35-28-30-48(54-52(35)51(34)53-47)50-44-23-10-8-21-42(44)49(43-22-9-11-24-45(43)50)38-17-12-16-36(31-38)46-32-37-15-4-5-18-39(37)40-19-6-7-20-41(40)46/h1-32H. The van der Waals surface area contributed by atoms with Crippen molar-refractivity contribution in [1.29, 1.82) is 0 Å². The third-order valence-corrected chi connectivity index (χ3v) is 11.0. The molecule has 250 valence electrons. The zero-order valence-electron chi connectivity index (χ0n) is 29.4. The van der Waals surface area contributed by atoms with E-state index >= 15 is 0 Å². The molecule has 0 radical (unpaired) electrons. The minimum absolute atomic E-state index is 0.912. The highest BCUT2D eigenvalue weighted by Gasteiger charge is 2.19. The van der Waals surface area contributed by atoms with E-state index in [1.54, 1.807) is 0 Å². The monoisotopic (exact) mass is 684 g/mol. The Morgan fingerprint density at radius 3 is 1.43 bits per heavy atom. The van der Waals surface area contributed by atoms with Gasteiger partial charge in [0.15, 0.2) is 0 Å². The van der Waals surface area contributed by atoms with Crippen LogP contribution in [0.15, 0.2) is 194 Å². The third kappa shape index (κ3) is 4.81. The molecule has 0 saturated carbocycles. The van der Waals surface area contributed by atoms with Crippen LogP contribution in [0.2, 0.25) is 0 Å². The number of hydrogen-bond donors (Lipinski definition) is 0. The van der Waals surface area contributed by atoms with Crippen molar-refractivity contribution in [3.63, 3.8) is 0 Å². The van der Waals surface area contributed by atoms with Gasteiger partial charge in [0.05, 0.1) is 22.4 Å². The van der Waals surface area contributed by atoms with Crippen LogP contribution < -0.4 is 0 Å². The van der Waals surface area contributed by atoms with Crippen LogP contribution in [0.1, 0.15) is 0 Å². The van der Waals surface area contributed by atoms with E-state index in [1.165, 1.54) is 65.3 Å². The molecule has 0 amide bonds. The second kappa shape index (κ2) is 12.2. The molecule has 0 unspecified atom stereocenters. The Morgan fingerprint density at radius 1 is 0.259 bits per heavy atom. The van der Waals surface area contributed by atoms with E-state index in [2.05, 4.69) is 188 Å². The second-order valence-corrected chi connectivity index (χ2v) is 14.1. The average Bonchev–Trinajstić information content (AvgIpc) is 3.25. The van der Waals surface area contributed by atoms with E-state index < -0.39 is 0 Å². The Balaban J connectivity index is 1.14. The van der Waals surface area contributed by atoms with E-state index in [1.807, 2.05) is 6.07 Å². The molecule has 11 aromatic rings. The lowest BCUT2D eigenvalue weighted by molar-refractivity contribution is 1.37. The second-order valence-electron chi connectivity index (χ2n) is 14.1. The molecule has 0 N–H and O–H groups in total. The maximum atomic E-state index is 5.46. The van der Waals surface area contributed by atoms with Gasteiger partial charge in [-0.1, -0.05) is 170 Å². The molecule has 0 bridgehead atoms. The fraction of sp³-hybridized carbons (Fsp3) is 0. The molecule has 2 heterocycles. The van der Waals surface area contributed by atoms with Gasteiger partial charge in [-0.05, 0) is 89.6 Å². The maximum Gasteiger partial charge on any atom is 0.0972 e. The maximum absolute atomic E-state index is 5.46. The topological polar surface area (TPSA) is 25.8 Å². The highest BCUT2D eigenvalue weighted by Crippen LogP contribution is 2.45. The summed E-state index contributed by atoms with van der Waals surface area (Å²) in [6.45, 7) is 0. The quantitative estimate of drug-likeness (QED) is 0.136. The summed E-state index contributed by atoms with van der Waals surface area (Å²) >= 11 is 0. The molecule has 0 spiro atoms. The number of pyridine rings is 2. The predicted molar refractivity (Wildman–Crippen MR) is 229 cm³/mol. The largest absolute Gasteiger partial charge is 0.245 e. The lowest BCUT2D eigenvalue weighted by Gasteiger charge is -2.18. The van der Waals surface area contributed by atoms with E-state index in [-0.39, 0.29) is 0 Å². The van der Waals surface area contributed by atoms with Gasteiger partial charge in [-0.2, -0.15) is 0 Å². The van der Waals surface area contributed by atoms with Gasteiger partial charge in [-0.3, -0.25) is 0 Å². The van der Waals surface area contributed by atoms with Crippen molar-refractivity contribution in [2.45, 2.75) is 0 Å². The van der Waals surface area contributed by atoms with Crippen molar-refractivity contribution in [3.8, 4) is 44.8 Å². The molecule has 9 aromatic carbocycles. The zero-order valence-corrected chi connectivity index (χ0v) is 29.4. The fourth-order valence-corrected chi connectivity index (χ4v) is 8.53. The SMILES string of the molecule is c1ccc(-c2ccc3ccc4ccc(-c5c6ccccc6c(-c6cccc(-c7cc8ccccc8c8ccccc78)c6)c6ccccc56)nc4c3n2)cc1. The summed E-state index contributed by atoms with van der Waals surface area (Å²) in [5.41, 5.74) is 10.8. The van der Waals surface area contributed by atoms with Gasteiger partial charge in [0, 0.05) is 21.9 Å². The van der Waals surface area contributed by atoms with E-state index in [0.29, 0.717) is 0 Å². The van der Waals surface area contributed by atoms with Gasteiger partial charge in [0.1, 0.15) is 0 Å². The van der Waals surface area contributed by atoms with Crippen LogP contribution in [-0.2, 0) is 0 Å². The van der Waals surface area contributed by atoms with Crippen LogP contribution in [0, 0.1) is 0 Å². The highest BCUT2D eigenvalue weighted by molar-refractivity contribution is 6.22. The molecule has 0 saturated heterocycles. The first-order valence-electron chi connectivity index (χ1n) is 18.5. The van der Waals surface area contributed by atoms with Crippen molar-refractivity contribution < 1.29 is 0 Å². The molecule has 2 aromatic heterocycles. The first kappa shape index (κ1) is 30.5. The third-order valence-electron chi connectivity index (χ3n) is 11.0. The van der Waals surface area contributed by atoms with E-state index in [0.717, 1.165) is 44.3 Å². The summed E-state index contributed by atoms with van der Waals surface area (Å²) < 4.78 is 0. The Labute approximate surface area is 312 Å². The molecule has 0 aliphatic carbocycles. The summed E-state index contributed by atoms with van der Waals surface area (Å²) in [7, 11) is 0. The molecule has 0 aliphatic heterocycles. The van der Waals surface area contributed by atoms with Crippen molar-refractivity contribution in [2.24, 2.45) is 0 Å². The van der Waals surface area contributed by atoms with Crippen LogP contribution in [0.5, 0.6) is 0 Å². The molecule has 0 atom stereocenters. The molecule has 0 fully saturated rings. The van der Waals surface area contributed by atoms with Crippen molar-refractivity contribution >= 4 is 64.9 Å². The summed E-state index contributed by atoms with van der Waals surface area (Å²) in [5, 5.41) is 12.0. The van der Waals surface area contributed by atoms with Crippen LogP contribution in [0.4, 0.5) is 0 Å². The minimum atomic E-state index is 0.912. The van der Waals surface area contributed by atoms with Gasteiger partial charge in [-0.25, -0.2) is 9.97 Å². The Hall–Kier alpha value is -7.16. The van der Waals surface area contributed by atoms with Crippen LogP contribution in [0.3, 0.4) is 0 Å². The average molecular weight is 685 g/mol. The highest BCUT2D eigenvalue weighted by atomic mass is 14.8. The van der Waals surface area contributed by atoms with Crippen LogP contribution >= 0.6 is 0 Å². The lowest BCUT2D eigenvalue weighted by Crippen LogP contribution is -1.94. The van der Waals surface area contributed by atoms with Gasteiger partial charge in [0.25, 0.3) is 0 Å². The van der Waals surface area contributed by atoms with Gasteiger partial charge >= 0.3 is 0 Å². The fourth-order valence-electron chi connectivity index (χ4n) is 8.53. The predicted octanol–water partition coefficient (Wildman–Crippen LogP) is 14.1. The molecule has 2 nitrogen and oxygen atoms in total. The lowest BCUT2D eigenvalue weighted by atomic mass is 9.86. The normalized spacial score (nSPS) is 11.7. The number of benzene rings is 9. The summed E-state index contributed by atoms with van der Waals surface area (Å²) in [6, 6.07) is 69.9. The molecular formula is C52H32N2.